The molecule has 38 heteroatoms. The molecule has 0 heterocycles. The Morgan fingerprint density at radius 2 is 0.265 bits per heavy atom. The fourth-order valence-electron chi connectivity index (χ4n) is 4.32. The van der Waals surface area contributed by atoms with Crippen LogP contribution in [0.4, 0.5) is 0 Å². The molecule has 0 saturated carbocycles. The predicted octanol–water partition coefficient (Wildman–Crippen LogP) is -34.2. The van der Waals surface area contributed by atoms with Crippen LogP contribution in [-0.4, -0.2) is 219 Å². The molecule has 0 aliphatic carbocycles. The van der Waals surface area contributed by atoms with Gasteiger partial charge in [-0.1, -0.05) is 0 Å². The number of aliphatic carboxylic acids is 12. The molecular weight excluding hydrogens is 1180 g/mol. The first kappa shape index (κ1) is 93.7. The summed E-state index contributed by atoms with van der Waals surface area (Å²) in [5, 5.41) is 125. The van der Waals surface area contributed by atoms with E-state index in [0.29, 0.717) is 0 Å². The summed E-state index contributed by atoms with van der Waals surface area (Å²) in [6, 6.07) is 0. The second-order valence-corrected chi connectivity index (χ2v) is 11.7. The van der Waals surface area contributed by atoms with Crippen molar-refractivity contribution in [3.05, 3.63) is 0 Å². The number of nitrogens with zero attached hydrogens (tertiary/aromatic N) is 6. The van der Waals surface area contributed by atoms with Gasteiger partial charge in [0.15, 0.2) is 0 Å². The summed E-state index contributed by atoms with van der Waals surface area (Å²) in [4.78, 5) is 130. The van der Waals surface area contributed by atoms with Crippen molar-refractivity contribution in [3.8, 4) is 0 Å². The van der Waals surface area contributed by atoms with Crippen LogP contribution in [0.5, 0.6) is 0 Å². The smallest absolute Gasteiger partial charge is 0.549 e. The first-order valence-electron chi connectivity index (χ1n) is 16.3. The molecule has 0 rings (SSSR count). The molecule has 0 bridgehead atoms. The van der Waals surface area contributed by atoms with Crippen molar-refractivity contribution in [3.63, 3.8) is 0 Å². The van der Waals surface area contributed by atoms with Crippen LogP contribution in [0, 0.1) is 0 Å². The minimum Gasteiger partial charge on any atom is -0.549 e. The average molecular weight is 1210 g/mol. The molecule has 2 radical (unpaired) electrons. The van der Waals surface area contributed by atoms with Crippen molar-refractivity contribution in [1.29, 1.82) is 0 Å². The van der Waals surface area contributed by atoms with Crippen LogP contribution in [0.3, 0.4) is 0 Å². The summed E-state index contributed by atoms with van der Waals surface area (Å²) in [6.07, 6.45) is 0. The summed E-state index contributed by atoms with van der Waals surface area (Å²) in [6.45, 7) is -9.75. The van der Waals surface area contributed by atoms with Gasteiger partial charge >= 0.3 is 191 Å². The van der Waals surface area contributed by atoms with Gasteiger partial charge in [0.25, 0.3) is 0 Å². The molecule has 68 heavy (non-hydrogen) atoms. The number of carboxylic acid groups (broad SMARTS) is 12. The first-order chi connectivity index (χ1) is 27.6. The fourth-order valence-corrected chi connectivity index (χ4v) is 4.32. The van der Waals surface area contributed by atoms with E-state index in [0.717, 1.165) is 29.4 Å². The van der Waals surface area contributed by atoms with Crippen molar-refractivity contribution in [2.45, 2.75) is 0 Å². The normalized spacial score (nSPS) is 9.44. The predicted molar refractivity (Wildman–Crippen MR) is 159 cm³/mol. The van der Waals surface area contributed by atoms with Gasteiger partial charge in [0, 0.05) is 118 Å². The second kappa shape index (κ2) is 56.0. The van der Waals surface area contributed by atoms with Gasteiger partial charge < -0.3 is 119 Å². The number of carbonyl (C=O) groups excluding carboxylic acids is 12. The maximum absolute atomic E-state index is 10.4. The Labute approximate surface area is 522 Å². The standard InChI is InChI=1S/3C10H16N2O8.2Cu.4Na.2Zn/c3*13-7(14)3-11(4-8(15)16)1-2-12(5-9(17)18)6-10(19)20;;;;;;;;/h3*1-6H2,(H,13,14)(H,15,16)(H,17,18)(H,19,20);;;;;;;;/q;;;2*+2;4*+1;2*+2/p-12. The Kier molecular flexibility index (Phi) is 77.1. The van der Waals surface area contributed by atoms with Crippen molar-refractivity contribution in [2.24, 2.45) is 0 Å². The summed E-state index contributed by atoms with van der Waals surface area (Å²) >= 11 is 0. The summed E-state index contributed by atoms with van der Waals surface area (Å²) in [7, 11) is 0. The van der Waals surface area contributed by atoms with Gasteiger partial charge in [0.05, 0.1) is 71.6 Å². The van der Waals surface area contributed by atoms with Crippen molar-refractivity contribution >= 4 is 71.6 Å². The van der Waals surface area contributed by atoms with Crippen LogP contribution in [0.25, 0.3) is 0 Å². The largest absolute Gasteiger partial charge is 2.00 e. The molecule has 30 nitrogen and oxygen atoms in total. The molecule has 360 valence electrons. The van der Waals surface area contributed by atoms with Gasteiger partial charge in [-0.15, -0.1) is 0 Å². The van der Waals surface area contributed by atoms with Crippen molar-refractivity contribution in [1.82, 2.24) is 29.4 Å². The van der Waals surface area contributed by atoms with E-state index in [9.17, 15) is 119 Å². The maximum Gasteiger partial charge on any atom is 2.00 e. The van der Waals surface area contributed by atoms with Gasteiger partial charge in [-0.25, -0.2) is 0 Å². The quantitative estimate of drug-likeness (QED) is 0.0551. The Morgan fingerprint density at radius 3 is 0.309 bits per heavy atom. The van der Waals surface area contributed by atoms with E-state index in [1.807, 2.05) is 0 Å². The zero-order valence-electron chi connectivity index (χ0n) is 37.2. The van der Waals surface area contributed by atoms with Crippen LogP contribution in [0.15, 0.2) is 0 Å². The molecule has 0 unspecified atom stereocenters. The van der Waals surface area contributed by atoms with E-state index in [1.54, 1.807) is 0 Å². The Morgan fingerprint density at radius 1 is 0.206 bits per heavy atom. The number of carboxylic acids is 12. The van der Waals surface area contributed by atoms with Crippen LogP contribution in [-0.2, 0) is 131 Å². The van der Waals surface area contributed by atoms with E-state index in [4.69, 9.17) is 0 Å². The van der Waals surface area contributed by atoms with Crippen LogP contribution in [0.1, 0.15) is 0 Å². The Hall–Kier alpha value is -0.314. The SMILES string of the molecule is O=C([O-])CN(CCN(CC(=O)[O-])CC(=O)[O-])CC(=O)[O-].O=C([O-])CN(CCN(CC(=O)[O-])CC(=O)[O-])CC(=O)[O-].O=C([O-])CN(CCN(CC(=O)[O-])CC(=O)[O-])CC(=O)[O-].[Cu+2].[Cu+2].[Na+].[Na+].[Na+].[Na+].[Zn+2].[Zn+2]. The van der Waals surface area contributed by atoms with Crippen molar-refractivity contribution in [2.75, 3.05) is 118 Å². The maximum atomic E-state index is 10.4. The zero-order valence-corrected chi connectivity index (χ0v) is 53.0. The number of carbonyl (C=O) groups is 12. The summed E-state index contributed by atoms with van der Waals surface area (Å²) < 4.78 is 0. The third kappa shape index (κ3) is 69.9. The van der Waals surface area contributed by atoms with Gasteiger partial charge in [-0.05, 0) is 0 Å². The van der Waals surface area contributed by atoms with Gasteiger partial charge in [0.2, 0.25) is 0 Å². The number of rotatable bonds is 33. The minimum atomic E-state index is -1.53. The minimum absolute atomic E-state index is 0. The monoisotopic (exact) mass is 1210 g/mol. The molecule has 0 aromatic rings. The third-order valence-electron chi connectivity index (χ3n) is 6.43. The molecule has 0 amide bonds. The molecule has 0 aromatic heterocycles. The second-order valence-electron chi connectivity index (χ2n) is 11.7. The Balaban J connectivity index is -0.0000000752. The van der Waals surface area contributed by atoms with E-state index in [2.05, 4.69) is 0 Å². The van der Waals surface area contributed by atoms with Gasteiger partial charge in [0.1, 0.15) is 0 Å². The van der Waals surface area contributed by atoms with Crippen LogP contribution in [0.2, 0.25) is 0 Å². The number of hydrogen-bond acceptors (Lipinski definition) is 30. The van der Waals surface area contributed by atoms with Gasteiger partial charge in [-0.2, -0.15) is 0 Å². The molecule has 0 aromatic carbocycles. The van der Waals surface area contributed by atoms with E-state index < -0.39 is 150 Å². The Bertz CT molecular complexity index is 1170. The molecular formula is C30H36Cu2N6Na4O24Zn2. The molecule has 0 fully saturated rings. The summed E-state index contributed by atoms with van der Waals surface area (Å²) in [5.74, 6) is -18.4. The molecule has 0 aliphatic heterocycles. The van der Waals surface area contributed by atoms with Crippen LogP contribution < -0.4 is 180 Å². The topological polar surface area (TPSA) is 501 Å². The average Bonchev–Trinajstić information content (AvgIpc) is 3.02. The molecule has 0 aliphatic rings. The third-order valence-corrected chi connectivity index (χ3v) is 6.43. The zero-order chi connectivity index (χ0) is 47.1. The number of hydrogen-bond donors (Lipinski definition) is 0. The molecule has 0 N–H and O–H groups in total. The first-order valence-corrected chi connectivity index (χ1v) is 16.3. The van der Waals surface area contributed by atoms with Gasteiger partial charge in [-0.3, -0.25) is 29.4 Å². The van der Waals surface area contributed by atoms with E-state index >= 15 is 0 Å². The molecule has 0 atom stereocenters. The van der Waals surface area contributed by atoms with Crippen molar-refractivity contribution < 1.29 is 310 Å². The summed E-state index contributed by atoms with van der Waals surface area (Å²) in [5.41, 5.74) is 0. The molecule has 0 saturated heterocycles. The van der Waals surface area contributed by atoms with Crippen LogP contribution >= 0.6 is 0 Å². The van der Waals surface area contributed by atoms with E-state index in [-0.39, 0.29) is 231 Å². The fraction of sp³-hybridized carbons (Fsp3) is 0.600. The molecule has 0 spiro atoms. The van der Waals surface area contributed by atoms with E-state index in [1.165, 1.54) is 0 Å².